The van der Waals surface area contributed by atoms with Crippen LogP contribution >= 0.6 is 0 Å². The minimum absolute atomic E-state index is 0.0214. The van der Waals surface area contributed by atoms with Gasteiger partial charge in [0.2, 0.25) is 18.7 Å². The van der Waals surface area contributed by atoms with Gasteiger partial charge in [-0.1, -0.05) is 96.4 Å². The third kappa shape index (κ3) is 35.4. The van der Waals surface area contributed by atoms with Gasteiger partial charge in [-0.2, -0.15) is 0 Å². The molecule has 8 atom stereocenters. The zero-order chi connectivity index (χ0) is 85.3. The van der Waals surface area contributed by atoms with Gasteiger partial charge < -0.3 is 71.4 Å². The standard InChI is InChI=1S/C16H29NO4.C13H18O5.C12H25NO2.C12H22O2.2C11H22O3.C10H16O4/c1-7-16(5,6)13(18)20-12-8-10-17(11-9-12)14(19)21-15(2,3)4;1-4-13(2,3)12(15)18-9-7-5-6-8(16-7)10(9)17-11(6)14;1-6-12(4,5)11(14)15-10-9-13(7-2)8-3;1-4-12(2,3)11(13)14-10-8-6-5-7-9-10;2*1-7-11(4,5)10(12)14-9(13-6)8(2)3;1-4-10(2,3)9(12)14-7-5-6-13-8(7)11/h12H,7-11H2,1-6H3;6-10H,4-5H2,1-3H3;6-10H2,1-5H3;10H,4-9H2,1-3H3;2*8-9H,7H2,1-6H3;7H,4-6H2,1-3H3. The Kier molecular flexibility index (Phi) is 45.4. The van der Waals surface area contributed by atoms with E-state index in [1.54, 1.807) is 33.0 Å². The van der Waals surface area contributed by atoms with Gasteiger partial charge in [0.25, 0.3) is 0 Å². The number of likely N-dealkylation sites (tertiary alicyclic amines) is 1. The number of esters is 9. The summed E-state index contributed by atoms with van der Waals surface area (Å²) in [5, 5.41) is 0. The summed E-state index contributed by atoms with van der Waals surface area (Å²) in [6, 6.07) is 0. The number of carbonyl (C=O) groups excluding carboxylic acids is 10. The average molecular weight is 1570 g/mol. The largest absolute Gasteiger partial charge is 0.464 e. The molecule has 1 saturated carbocycles. The van der Waals surface area contributed by atoms with Gasteiger partial charge in [0.05, 0.1) is 56.5 Å². The van der Waals surface area contributed by atoms with E-state index in [0.29, 0.717) is 64.8 Å². The molecule has 6 fully saturated rings. The Hall–Kier alpha value is -5.66. The summed E-state index contributed by atoms with van der Waals surface area (Å²) < 4.78 is 68.6. The lowest BCUT2D eigenvalue weighted by molar-refractivity contribution is -0.192. The second-order valence-corrected chi connectivity index (χ2v) is 35.7. The number of cyclic esters (lactones) is 1. The topological polar surface area (TPSA) is 297 Å². The second-order valence-electron chi connectivity index (χ2n) is 35.7. The lowest BCUT2D eigenvalue weighted by Gasteiger charge is -2.34. The molecule has 1 amide bonds. The van der Waals surface area contributed by atoms with Crippen molar-refractivity contribution in [3.05, 3.63) is 0 Å². The van der Waals surface area contributed by atoms with Crippen molar-refractivity contribution in [2.75, 3.05) is 60.2 Å². The Balaban J connectivity index is 0.00000127. The predicted molar refractivity (Wildman–Crippen MR) is 423 cm³/mol. The molecule has 0 radical (unpaired) electrons. The van der Waals surface area contributed by atoms with Crippen LogP contribution in [0.15, 0.2) is 0 Å². The Morgan fingerprint density at radius 3 is 1.19 bits per heavy atom. The SMILES string of the molecule is CCC(C)(C)C(=O)OC(OC)C(C)C.CCC(C)(C)C(=O)OC(OC)C(C)C.CCC(C)(C)C(=O)OC1C2CC3C(=O)OC1C3O2.CCC(C)(C)C(=O)OC1CCCCC1.CCC(C)(C)C(=O)OC1CCN(C(=O)OC(C)(C)C)CC1.CCC(C)(C)C(=O)OC1CCOC1=O.CCN(CC)CCOC(=O)C(C)(C)CC. The minimum atomic E-state index is -0.687. The number of fused-ring (bicyclic) bond motifs is 1. The third-order valence-electron chi connectivity index (χ3n) is 21.9. The number of likely N-dealkylation sites (N-methyl/N-ethyl adjacent to an activating group) is 1. The maximum absolute atomic E-state index is 12.1. The minimum Gasteiger partial charge on any atom is -0.464 e. The number of hydrogen-bond acceptors (Lipinski definition) is 24. The number of nitrogens with zero attached hydrogens (tertiary/aromatic N) is 2. The molecule has 6 aliphatic rings. The molecule has 0 aromatic carbocycles. The molecule has 25 nitrogen and oxygen atoms in total. The molecule has 6 rings (SSSR count). The number of ether oxygens (including phenoxy) is 13. The van der Waals surface area contributed by atoms with Crippen molar-refractivity contribution in [3.8, 4) is 0 Å². The van der Waals surface area contributed by atoms with E-state index in [4.69, 9.17) is 61.6 Å². The summed E-state index contributed by atoms with van der Waals surface area (Å²) in [6.07, 6.45) is 10.7. The second kappa shape index (κ2) is 47.9. The Morgan fingerprint density at radius 1 is 0.464 bits per heavy atom. The monoisotopic (exact) mass is 1570 g/mol. The quantitative estimate of drug-likeness (QED) is 0.0382. The summed E-state index contributed by atoms with van der Waals surface area (Å²) >= 11 is 0. The molecule has 110 heavy (non-hydrogen) atoms. The predicted octanol–water partition coefficient (Wildman–Crippen LogP) is 16.5. The van der Waals surface area contributed by atoms with Crippen molar-refractivity contribution in [2.45, 2.75) is 371 Å². The van der Waals surface area contributed by atoms with Crippen molar-refractivity contribution in [1.82, 2.24) is 9.80 Å². The van der Waals surface area contributed by atoms with Crippen LogP contribution in [-0.4, -0.2) is 191 Å². The van der Waals surface area contributed by atoms with Crippen LogP contribution in [0, 0.1) is 55.7 Å². The first kappa shape index (κ1) is 104. The van der Waals surface area contributed by atoms with E-state index in [9.17, 15) is 47.9 Å². The number of piperidine rings is 1. The summed E-state index contributed by atoms with van der Waals surface area (Å²) in [4.78, 5) is 121. The third-order valence-corrected chi connectivity index (χ3v) is 21.9. The normalized spacial score (nSPS) is 20.6. The molecule has 5 saturated heterocycles. The van der Waals surface area contributed by atoms with Gasteiger partial charge in [-0.05, 0) is 208 Å². The molecular weight excluding hydrogens is 1420 g/mol. The van der Waals surface area contributed by atoms with Gasteiger partial charge in [0, 0.05) is 65.0 Å². The van der Waals surface area contributed by atoms with E-state index in [-0.39, 0.29) is 107 Å². The van der Waals surface area contributed by atoms with Crippen molar-refractivity contribution in [2.24, 2.45) is 55.7 Å². The van der Waals surface area contributed by atoms with E-state index in [2.05, 4.69) is 18.7 Å². The molecule has 1 aliphatic carbocycles. The van der Waals surface area contributed by atoms with Crippen LogP contribution < -0.4 is 0 Å². The number of carbonyl (C=O) groups is 10. The highest BCUT2D eigenvalue weighted by Crippen LogP contribution is 2.48. The molecule has 5 heterocycles. The van der Waals surface area contributed by atoms with E-state index in [0.717, 1.165) is 64.6 Å². The first-order valence-corrected chi connectivity index (χ1v) is 40.9. The van der Waals surface area contributed by atoms with E-state index >= 15 is 0 Å². The van der Waals surface area contributed by atoms with Gasteiger partial charge in [-0.3, -0.25) is 38.4 Å². The molecule has 0 N–H and O–H groups in total. The van der Waals surface area contributed by atoms with Crippen LogP contribution in [0.3, 0.4) is 0 Å². The summed E-state index contributed by atoms with van der Waals surface area (Å²) in [7, 11) is 3.10. The fourth-order valence-corrected chi connectivity index (χ4v) is 10.3. The maximum Gasteiger partial charge on any atom is 0.410 e. The molecule has 2 bridgehead atoms. The fraction of sp³-hybridized carbons (Fsp3) is 0.882. The maximum atomic E-state index is 12.1. The van der Waals surface area contributed by atoms with Crippen LogP contribution in [0.1, 0.15) is 310 Å². The van der Waals surface area contributed by atoms with Gasteiger partial charge in [-0.15, -0.1) is 0 Å². The van der Waals surface area contributed by atoms with Crippen molar-refractivity contribution in [1.29, 1.82) is 0 Å². The molecular formula is C85H154N2O23. The van der Waals surface area contributed by atoms with E-state index < -0.39 is 69.5 Å². The van der Waals surface area contributed by atoms with Gasteiger partial charge in [0.1, 0.15) is 30.5 Å². The van der Waals surface area contributed by atoms with Crippen LogP contribution in [0.4, 0.5) is 4.79 Å². The van der Waals surface area contributed by atoms with Crippen molar-refractivity contribution < 1.29 is 110 Å². The molecule has 5 aliphatic heterocycles. The highest BCUT2D eigenvalue weighted by molar-refractivity contribution is 5.83. The summed E-state index contributed by atoms with van der Waals surface area (Å²) in [6.45, 7) is 62.6. The smallest absolute Gasteiger partial charge is 0.410 e. The number of methoxy groups -OCH3 is 2. The molecule has 0 aromatic rings. The van der Waals surface area contributed by atoms with Crippen LogP contribution in [0.25, 0.3) is 0 Å². The Labute approximate surface area is 663 Å². The van der Waals surface area contributed by atoms with E-state index in [1.807, 2.05) is 180 Å². The number of rotatable bonds is 29. The van der Waals surface area contributed by atoms with Gasteiger partial charge in [0.15, 0.2) is 12.2 Å². The number of amides is 1. The zero-order valence-electron chi connectivity index (χ0n) is 74.5. The van der Waals surface area contributed by atoms with Crippen molar-refractivity contribution in [3.63, 3.8) is 0 Å². The molecule has 0 spiro atoms. The molecule has 0 aromatic heterocycles. The first-order valence-electron chi connectivity index (χ1n) is 40.9. The van der Waals surface area contributed by atoms with Crippen LogP contribution in [-0.2, 0) is 105 Å². The number of hydrogen-bond donors (Lipinski definition) is 0. The average Bonchev–Trinajstić information content (AvgIpc) is 1.57. The summed E-state index contributed by atoms with van der Waals surface area (Å²) in [5.74, 6) is -1.64. The zero-order valence-corrected chi connectivity index (χ0v) is 74.5. The summed E-state index contributed by atoms with van der Waals surface area (Å²) in [5.41, 5.74) is -3.46. The lowest BCUT2D eigenvalue weighted by atomic mass is 9.87. The molecule has 8 unspecified atom stereocenters. The highest BCUT2D eigenvalue weighted by atomic mass is 16.7. The van der Waals surface area contributed by atoms with Crippen molar-refractivity contribution >= 4 is 59.8 Å². The fourth-order valence-electron chi connectivity index (χ4n) is 10.3. The van der Waals surface area contributed by atoms with Crippen LogP contribution in [0.5, 0.6) is 0 Å². The Morgan fingerprint density at radius 2 is 0.836 bits per heavy atom. The first-order chi connectivity index (χ1) is 50.7. The molecule has 642 valence electrons. The Bertz CT molecular complexity index is 2760. The van der Waals surface area contributed by atoms with Crippen LogP contribution in [0.2, 0.25) is 0 Å². The van der Waals surface area contributed by atoms with E-state index in [1.165, 1.54) is 19.3 Å². The molecule has 25 heteroatoms. The lowest BCUT2D eigenvalue weighted by Crippen LogP contribution is -2.44. The van der Waals surface area contributed by atoms with Gasteiger partial charge >= 0.3 is 59.8 Å². The highest BCUT2D eigenvalue weighted by Gasteiger charge is 2.65. The van der Waals surface area contributed by atoms with Gasteiger partial charge in [-0.25, -0.2) is 9.59 Å².